The molecule has 8 rings (SSSR count). The number of rotatable bonds is 17. The summed E-state index contributed by atoms with van der Waals surface area (Å²) in [4.78, 5) is 48.3. The molecule has 4 aromatic rings. The van der Waals surface area contributed by atoms with E-state index in [9.17, 15) is 18.8 Å². The molecule has 13 nitrogen and oxygen atoms in total. The highest BCUT2D eigenvalue weighted by molar-refractivity contribution is 6.36. The zero-order chi connectivity index (χ0) is 42.6. The van der Waals surface area contributed by atoms with E-state index in [0.29, 0.717) is 46.8 Å². The Morgan fingerprint density at radius 1 is 0.967 bits per heavy atom. The summed E-state index contributed by atoms with van der Waals surface area (Å²) in [6, 6.07) is 9.96. The van der Waals surface area contributed by atoms with Crippen molar-refractivity contribution in [2.75, 3.05) is 56.9 Å². The van der Waals surface area contributed by atoms with Crippen LogP contribution in [-0.4, -0.2) is 99.0 Å². The molecule has 4 N–H and O–H groups in total. The van der Waals surface area contributed by atoms with Gasteiger partial charge in [-0.3, -0.25) is 24.4 Å². The van der Waals surface area contributed by atoms with E-state index < -0.39 is 18.0 Å². The Hall–Kier alpha value is -4.76. The molecular weight excluding hydrogens is 820 g/mol. The van der Waals surface area contributed by atoms with Gasteiger partial charge in [0.15, 0.2) is 11.6 Å². The Labute approximate surface area is 366 Å². The second-order valence-corrected chi connectivity index (χ2v) is 17.7. The molecule has 3 amide bonds. The van der Waals surface area contributed by atoms with Gasteiger partial charge in [0.25, 0.3) is 5.91 Å². The Bertz CT molecular complexity index is 2240. The van der Waals surface area contributed by atoms with Gasteiger partial charge in [0.05, 0.1) is 17.3 Å². The molecular formula is C45H54Cl2FN9O4. The van der Waals surface area contributed by atoms with Crippen molar-refractivity contribution in [3.05, 3.63) is 87.5 Å². The summed E-state index contributed by atoms with van der Waals surface area (Å²) in [5, 5.41) is 10.9. The van der Waals surface area contributed by atoms with Gasteiger partial charge in [-0.15, -0.1) is 0 Å². The van der Waals surface area contributed by atoms with Crippen molar-refractivity contribution in [2.24, 2.45) is 5.92 Å². The van der Waals surface area contributed by atoms with Crippen molar-refractivity contribution in [2.45, 2.75) is 89.4 Å². The minimum Gasteiger partial charge on any atom is -0.482 e. The number of nitrogens with zero attached hydrogens (tertiary/aromatic N) is 6. The van der Waals surface area contributed by atoms with Crippen LogP contribution in [0.25, 0.3) is 11.1 Å². The average molecular weight is 875 g/mol. The molecule has 2 aromatic carbocycles. The van der Waals surface area contributed by atoms with Crippen molar-refractivity contribution >= 4 is 52.4 Å². The van der Waals surface area contributed by atoms with Crippen molar-refractivity contribution in [3.8, 4) is 16.9 Å². The Kier molecular flexibility index (Phi) is 13.4. The number of amides is 3. The van der Waals surface area contributed by atoms with E-state index >= 15 is 0 Å². The van der Waals surface area contributed by atoms with Gasteiger partial charge < -0.3 is 30.5 Å². The number of hydrogen-bond donors (Lipinski definition) is 3. The minimum atomic E-state index is -0.659. The fourth-order valence-corrected chi connectivity index (χ4v) is 9.84. The predicted octanol–water partition coefficient (Wildman–Crippen LogP) is 7.51. The first-order chi connectivity index (χ1) is 29.5. The predicted molar refractivity (Wildman–Crippen MR) is 234 cm³/mol. The van der Waals surface area contributed by atoms with Gasteiger partial charge >= 0.3 is 0 Å². The lowest BCUT2D eigenvalue weighted by atomic mass is 9.98. The van der Waals surface area contributed by atoms with E-state index in [-0.39, 0.29) is 35.0 Å². The first kappa shape index (κ1) is 42.9. The summed E-state index contributed by atoms with van der Waals surface area (Å²) in [6.07, 6.45) is 13.9. The highest BCUT2D eigenvalue weighted by Gasteiger charge is 2.40. The number of carbonyl (C=O) groups excluding carboxylic acids is 3. The van der Waals surface area contributed by atoms with Crippen LogP contribution in [0.15, 0.2) is 55.0 Å². The van der Waals surface area contributed by atoms with Gasteiger partial charge in [0.1, 0.15) is 18.0 Å². The minimum absolute atomic E-state index is 0.0790. The number of anilines is 2. The molecule has 6 heterocycles. The number of aromatic nitrogens is 3. The largest absolute Gasteiger partial charge is 0.482 e. The zero-order valence-corrected chi connectivity index (χ0v) is 36.1. The molecule has 0 radical (unpaired) electrons. The fraction of sp³-hybridized carbons (Fsp3) is 0.489. The lowest BCUT2D eigenvalue weighted by Gasteiger charge is -2.39. The molecule has 2 unspecified atom stereocenters. The molecule has 0 bridgehead atoms. The van der Waals surface area contributed by atoms with Crippen LogP contribution >= 0.6 is 23.2 Å². The number of unbranched alkanes of at least 4 members (excludes halogenated alkanes) is 4. The maximum absolute atomic E-state index is 14.2. The number of imide groups is 1. The lowest BCUT2D eigenvalue weighted by Crippen LogP contribution is -2.52. The van der Waals surface area contributed by atoms with Crippen LogP contribution in [0, 0.1) is 11.7 Å². The molecule has 3 saturated heterocycles. The molecule has 4 aliphatic rings. The Balaban J connectivity index is 0.689. The van der Waals surface area contributed by atoms with Gasteiger partial charge in [0.2, 0.25) is 11.8 Å². The second-order valence-electron chi connectivity index (χ2n) is 16.9. The molecule has 324 valence electrons. The van der Waals surface area contributed by atoms with Gasteiger partial charge in [-0.25, -0.2) is 9.37 Å². The van der Waals surface area contributed by atoms with E-state index in [4.69, 9.17) is 38.8 Å². The number of halogens is 3. The summed E-state index contributed by atoms with van der Waals surface area (Å²) in [7, 11) is 0. The Morgan fingerprint density at radius 2 is 1.72 bits per heavy atom. The molecule has 61 heavy (non-hydrogen) atoms. The zero-order valence-electron chi connectivity index (χ0n) is 34.6. The van der Waals surface area contributed by atoms with E-state index in [0.717, 1.165) is 81.0 Å². The maximum atomic E-state index is 14.2. The number of nitrogens with two attached hydrogens (primary N) is 1. The maximum Gasteiger partial charge on any atom is 0.255 e. The SMILES string of the molecule is CC(Oc1cc(-c2cnn(C3CCN(CCCCCCCN4CC(CNc5cccc6c5CN(C5CCC(=O)NC5=O)C6=O)C4)CC3)c2)cnc1N)c1c(Cl)ccc(F)c1Cl. The van der Waals surface area contributed by atoms with Crippen LogP contribution in [-0.2, 0) is 16.1 Å². The van der Waals surface area contributed by atoms with Crippen molar-refractivity contribution in [1.82, 2.24) is 34.8 Å². The summed E-state index contributed by atoms with van der Waals surface area (Å²) in [6.45, 7) is 9.52. The third-order valence-electron chi connectivity index (χ3n) is 12.7. The molecule has 16 heteroatoms. The molecule has 0 aliphatic carbocycles. The lowest BCUT2D eigenvalue weighted by molar-refractivity contribution is -0.136. The number of carbonyl (C=O) groups is 3. The van der Waals surface area contributed by atoms with Crippen LogP contribution in [0.4, 0.5) is 15.9 Å². The number of nitrogens with one attached hydrogen (secondary N) is 2. The highest BCUT2D eigenvalue weighted by Crippen LogP contribution is 2.38. The third-order valence-corrected chi connectivity index (χ3v) is 13.4. The molecule has 4 aliphatic heterocycles. The summed E-state index contributed by atoms with van der Waals surface area (Å²) < 4.78 is 22.3. The van der Waals surface area contributed by atoms with Crippen molar-refractivity contribution in [3.63, 3.8) is 0 Å². The van der Waals surface area contributed by atoms with E-state index in [1.165, 1.54) is 44.2 Å². The number of likely N-dealkylation sites (tertiary alicyclic amines) is 2. The summed E-state index contributed by atoms with van der Waals surface area (Å²) in [5.41, 5.74) is 10.8. The first-order valence-corrected chi connectivity index (χ1v) is 22.3. The van der Waals surface area contributed by atoms with Crippen molar-refractivity contribution in [1.29, 1.82) is 0 Å². The number of piperidine rings is 2. The number of ether oxygens (including phenoxy) is 1. The van der Waals surface area contributed by atoms with E-state index in [2.05, 4.69) is 36.3 Å². The van der Waals surface area contributed by atoms with E-state index in [1.807, 2.05) is 30.5 Å². The van der Waals surface area contributed by atoms with Crippen LogP contribution in [0.2, 0.25) is 10.0 Å². The number of hydrogen-bond acceptors (Lipinski definition) is 10. The van der Waals surface area contributed by atoms with Gasteiger partial charge in [-0.1, -0.05) is 48.5 Å². The van der Waals surface area contributed by atoms with Gasteiger partial charge in [0, 0.05) is 103 Å². The number of nitrogen functional groups attached to an aromatic ring is 1. The first-order valence-electron chi connectivity index (χ1n) is 21.6. The number of pyridine rings is 1. The van der Waals surface area contributed by atoms with E-state index in [1.54, 1.807) is 18.0 Å². The fourth-order valence-electron chi connectivity index (χ4n) is 9.16. The van der Waals surface area contributed by atoms with Crippen LogP contribution in [0.1, 0.15) is 98.3 Å². The number of benzene rings is 2. The van der Waals surface area contributed by atoms with Crippen LogP contribution in [0.5, 0.6) is 5.75 Å². The molecule has 2 aromatic heterocycles. The normalized spacial score (nSPS) is 19.5. The summed E-state index contributed by atoms with van der Waals surface area (Å²) in [5.74, 6) is -0.235. The molecule has 0 spiro atoms. The highest BCUT2D eigenvalue weighted by atomic mass is 35.5. The van der Waals surface area contributed by atoms with Gasteiger partial charge in [-0.05, 0) is 82.4 Å². The quantitative estimate of drug-likeness (QED) is 0.0553. The third kappa shape index (κ3) is 9.83. The molecule has 3 fully saturated rings. The van der Waals surface area contributed by atoms with Crippen LogP contribution < -0.4 is 21.1 Å². The smallest absolute Gasteiger partial charge is 0.255 e. The van der Waals surface area contributed by atoms with Crippen molar-refractivity contribution < 1.29 is 23.5 Å². The monoisotopic (exact) mass is 873 g/mol. The average Bonchev–Trinajstić information content (AvgIpc) is 3.86. The standard InChI is InChI=1S/C45H54Cl2FN9O4/c1-28(41-35(46)10-11-36(48)42(41)47)61-39-20-30(22-51-43(39)49)31-23-52-57(26-31)32-14-18-54(19-15-32)16-5-3-2-4-6-17-55-24-29(25-55)21-50-37-9-7-8-33-34(37)27-56(45(33)60)38-12-13-40(58)53-44(38)59/h7-11,20,22-23,26,28-29,32,38,50H,2-6,12-19,21,24-25,27H2,1H3,(H2,49,51)(H,53,58,59). The topological polar surface area (TPSA) is 151 Å². The Morgan fingerprint density at radius 3 is 2.49 bits per heavy atom. The molecule has 2 atom stereocenters. The summed E-state index contributed by atoms with van der Waals surface area (Å²) >= 11 is 12.5. The second kappa shape index (κ2) is 19.1. The number of fused-ring (bicyclic) bond motifs is 1. The van der Waals surface area contributed by atoms with Crippen LogP contribution in [0.3, 0.4) is 0 Å². The molecule has 0 saturated carbocycles. The van der Waals surface area contributed by atoms with Gasteiger partial charge in [-0.2, -0.15) is 5.10 Å².